The quantitative estimate of drug-likeness (QED) is 0.748. The zero-order valence-corrected chi connectivity index (χ0v) is 8.79. The van der Waals surface area contributed by atoms with Crippen LogP contribution in [0, 0.1) is 0 Å². The van der Waals surface area contributed by atoms with Crippen molar-refractivity contribution in [3.05, 3.63) is 18.3 Å². The van der Waals surface area contributed by atoms with E-state index in [0.717, 1.165) is 17.9 Å². The van der Waals surface area contributed by atoms with E-state index in [4.69, 9.17) is 4.74 Å². The molecule has 1 aromatic heterocycles. The van der Waals surface area contributed by atoms with Gasteiger partial charge in [-0.25, -0.2) is 9.19 Å². The van der Waals surface area contributed by atoms with Crippen molar-refractivity contribution in [2.24, 2.45) is 4.36 Å². The van der Waals surface area contributed by atoms with Crippen molar-refractivity contribution >= 4 is 15.4 Å². The van der Waals surface area contributed by atoms with Crippen LogP contribution in [0.1, 0.15) is 6.42 Å². The molecule has 0 unspecified atom stereocenters. The van der Waals surface area contributed by atoms with Crippen LogP contribution in [0.4, 0.5) is 5.69 Å². The summed E-state index contributed by atoms with van der Waals surface area (Å²) in [7, 11) is -0.356. The molecule has 2 rings (SSSR count). The predicted octanol–water partition coefficient (Wildman–Crippen LogP) is 1.59. The molecule has 1 aliphatic heterocycles. The maximum Gasteiger partial charge on any atom is 0.213 e. The van der Waals surface area contributed by atoms with Gasteiger partial charge in [0.25, 0.3) is 0 Å². The smallest absolute Gasteiger partial charge is 0.213 e. The molecule has 0 spiro atoms. The minimum Gasteiger partial charge on any atom is -0.481 e. The highest BCUT2D eigenvalue weighted by atomic mass is 32.2. The summed E-state index contributed by atoms with van der Waals surface area (Å²) in [5.74, 6) is 1.99. The lowest BCUT2D eigenvalue weighted by Gasteiger charge is -2.17. The number of hydrogen-bond donors (Lipinski definition) is 0. The molecule has 5 heteroatoms. The van der Waals surface area contributed by atoms with Crippen LogP contribution in [0.5, 0.6) is 5.88 Å². The summed E-state index contributed by atoms with van der Waals surface area (Å²) in [6, 6.07) is 3.50. The van der Waals surface area contributed by atoms with E-state index in [-0.39, 0.29) is 0 Å². The van der Waals surface area contributed by atoms with Gasteiger partial charge < -0.3 is 4.74 Å². The molecule has 2 heterocycles. The maximum absolute atomic E-state index is 11.7. The Morgan fingerprint density at radius 3 is 2.71 bits per heavy atom. The summed E-state index contributed by atoms with van der Waals surface area (Å²) in [6.07, 6.45) is 2.61. The number of methoxy groups -OCH3 is 1. The van der Waals surface area contributed by atoms with Gasteiger partial charge in [-0.2, -0.15) is 4.36 Å². The number of aromatic nitrogens is 1. The van der Waals surface area contributed by atoms with Gasteiger partial charge >= 0.3 is 0 Å². The van der Waals surface area contributed by atoms with Gasteiger partial charge in [0.1, 0.15) is 0 Å². The fraction of sp³-hybridized carbons (Fsp3) is 0.444. The van der Waals surface area contributed by atoms with Crippen molar-refractivity contribution in [2.45, 2.75) is 6.42 Å². The van der Waals surface area contributed by atoms with Crippen molar-refractivity contribution in [3.63, 3.8) is 0 Å². The molecule has 1 fully saturated rings. The van der Waals surface area contributed by atoms with Crippen LogP contribution in [-0.2, 0) is 9.73 Å². The lowest BCUT2D eigenvalue weighted by molar-refractivity contribution is 0.398. The van der Waals surface area contributed by atoms with Crippen molar-refractivity contribution in [1.29, 1.82) is 0 Å². The van der Waals surface area contributed by atoms with E-state index in [9.17, 15) is 4.21 Å². The lowest BCUT2D eigenvalue weighted by Crippen LogP contribution is -2.22. The second kappa shape index (κ2) is 3.57. The maximum atomic E-state index is 11.7. The van der Waals surface area contributed by atoms with Gasteiger partial charge in [-0.05, 0) is 12.5 Å². The topological polar surface area (TPSA) is 51.5 Å². The molecule has 0 saturated carbocycles. The summed E-state index contributed by atoms with van der Waals surface area (Å²) in [4.78, 5) is 4.00. The number of pyridine rings is 1. The summed E-state index contributed by atoms with van der Waals surface area (Å²) < 4.78 is 20.8. The van der Waals surface area contributed by atoms with Crippen LogP contribution in [0.2, 0.25) is 0 Å². The molecule has 1 aromatic rings. The third kappa shape index (κ3) is 1.87. The molecular formula is C9H12N2O2S. The lowest BCUT2D eigenvalue weighted by atomic mass is 10.4. The van der Waals surface area contributed by atoms with Gasteiger partial charge in [-0.1, -0.05) is 0 Å². The minimum absolute atomic E-state index is 0.549. The standard InChI is InChI=1S/C9H12N2O2S/c1-13-9-4-3-8(7-10-9)11-14(12)5-2-6-14/h3-4,7H,2,5-6H2,1H3. The van der Waals surface area contributed by atoms with Crippen LogP contribution >= 0.6 is 0 Å². The molecule has 1 saturated heterocycles. The average Bonchev–Trinajstić information content (AvgIpc) is 2.17. The van der Waals surface area contributed by atoms with Gasteiger partial charge in [0, 0.05) is 17.6 Å². The second-order valence-electron chi connectivity index (χ2n) is 3.18. The van der Waals surface area contributed by atoms with Crippen molar-refractivity contribution in [2.75, 3.05) is 18.6 Å². The Morgan fingerprint density at radius 1 is 1.50 bits per heavy atom. The first-order valence-corrected chi connectivity index (χ1v) is 6.30. The summed E-state index contributed by atoms with van der Waals surface area (Å²) in [6.45, 7) is 0. The number of nitrogens with zero attached hydrogens (tertiary/aromatic N) is 2. The van der Waals surface area contributed by atoms with E-state index in [1.165, 1.54) is 0 Å². The Bertz CT molecular complexity index is 423. The van der Waals surface area contributed by atoms with E-state index < -0.39 is 9.73 Å². The third-order valence-corrected chi connectivity index (χ3v) is 4.52. The van der Waals surface area contributed by atoms with Gasteiger partial charge in [0.2, 0.25) is 5.88 Å². The van der Waals surface area contributed by atoms with Gasteiger partial charge in [0.05, 0.1) is 28.7 Å². The molecule has 0 radical (unpaired) electrons. The Balaban J connectivity index is 2.26. The first-order valence-electron chi connectivity index (χ1n) is 4.44. The molecule has 0 aromatic carbocycles. The van der Waals surface area contributed by atoms with Crippen LogP contribution in [-0.4, -0.2) is 27.8 Å². The largest absolute Gasteiger partial charge is 0.481 e. The Kier molecular flexibility index (Phi) is 2.41. The molecule has 14 heavy (non-hydrogen) atoms. The second-order valence-corrected chi connectivity index (χ2v) is 5.73. The molecule has 0 amide bonds. The van der Waals surface area contributed by atoms with E-state index >= 15 is 0 Å². The molecule has 1 aliphatic rings. The van der Waals surface area contributed by atoms with E-state index in [2.05, 4.69) is 9.35 Å². The Morgan fingerprint density at radius 2 is 2.29 bits per heavy atom. The SMILES string of the molecule is COc1ccc(N=S2(=O)CCC2)cn1. The third-order valence-electron chi connectivity index (χ3n) is 2.13. The first kappa shape index (κ1) is 9.45. The summed E-state index contributed by atoms with van der Waals surface area (Å²) in [5.41, 5.74) is 0.676. The normalized spacial score (nSPS) is 18.4. The van der Waals surface area contributed by atoms with Gasteiger partial charge in [-0.15, -0.1) is 0 Å². The van der Waals surface area contributed by atoms with Crippen LogP contribution in [0.3, 0.4) is 0 Å². The predicted molar refractivity (Wildman–Crippen MR) is 55.4 cm³/mol. The molecule has 0 bridgehead atoms. The zero-order valence-electron chi connectivity index (χ0n) is 7.97. The van der Waals surface area contributed by atoms with Crippen molar-refractivity contribution in [1.82, 2.24) is 4.98 Å². The molecule has 0 aliphatic carbocycles. The Labute approximate surface area is 83.5 Å². The number of ether oxygens (including phenoxy) is 1. The monoisotopic (exact) mass is 212 g/mol. The highest BCUT2D eigenvalue weighted by molar-refractivity contribution is 7.95. The minimum atomic E-state index is -1.92. The number of rotatable bonds is 2. The summed E-state index contributed by atoms with van der Waals surface area (Å²) >= 11 is 0. The Hall–Kier alpha value is -1.10. The molecule has 0 atom stereocenters. The molecule has 76 valence electrons. The van der Waals surface area contributed by atoms with Gasteiger partial charge in [-0.3, -0.25) is 0 Å². The van der Waals surface area contributed by atoms with Crippen LogP contribution < -0.4 is 4.74 Å². The average molecular weight is 212 g/mol. The highest BCUT2D eigenvalue weighted by Crippen LogP contribution is 2.21. The molecule has 0 N–H and O–H groups in total. The molecular weight excluding hydrogens is 200 g/mol. The fourth-order valence-electron chi connectivity index (χ4n) is 1.22. The van der Waals surface area contributed by atoms with Crippen LogP contribution in [0.15, 0.2) is 22.7 Å². The fourth-order valence-corrected chi connectivity index (χ4v) is 2.68. The van der Waals surface area contributed by atoms with E-state index in [1.807, 2.05) is 0 Å². The van der Waals surface area contributed by atoms with E-state index in [1.54, 1.807) is 25.4 Å². The number of hydrogen-bond acceptors (Lipinski definition) is 4. The highest BCUT2D eigenvalue weighted by Gasteiger charge is 2.18. The van der Waals surface area contributed by atoms with Gasteiger partial charge in [0.15, 0.2) is 0 Å². The van der Waals surface area contributed by atoms with Crippen molar-refractivity contribution in [3.8, 4) is 5.88 Å². The first-order chi connectivity index (χ1) is 6.72. The van der Waals surface area contributed by atoms with E-state index in [0.29, 0.717) is 11.6 Å². The zero-order chi connectivity index (χ0) is 10.0. The summed E-state index contributed by atoms with van der Waals surface area (Å²) in [5, 5.41) is 0. The van der Waals surface area contributed by atoms with Crippen molar-refractivity contribution < 1.29 is 8.95 Å². The molecule has 4 nitrogen and oxygen atoms in total. The van der Waals surface area contributed by atoms with Crippen LogP contribution in [0.25, 0.3) is 0 Å².